The molecule has 0 spiro atoms. The first-order valence-corrected chi connectivity index (χ1v) is 7.36. The molecule has 0 saturated heterocycles. The molecule has 94 valence electrons. The smallest absolute Gasteiger partial charge is 0.189 e. The van der Waals surface area contributed by atoms with Crippen molar-refractivity contribution in [1.29, 1.82) is 0 Å². The van der Waals surface area contributed by atoms with Gasteiger partial charge in [0.25, 0.3) is 0 Å². The molecule has 0 amide bonds. The Balaban J connectivity index is 1.78. The maximum Gasteiger partial charge on any atom is 0.189 e. The van der Waals surface area contributed by atoms with E-state index < -0.39 is 0 Å². The van der Waals surface area contributed by atoms with Crippen LogP contribution in [0.15, 0.2) is 21.8 Å². The number of nitrogens with two attached hydrogens (primary N) is 1. The highest BCUT2D eigenvalue weighted by Crippen LogP contribution is 2.17. The zero-order valence-electron chi connectivity index (χ0n) is 10.2. The molecule has 0 bridgehead atoms. The van der Waals surface area contributed by atoms with Crippen LogP contribution in [-0.4, -0.2) is 12.0 Å². The number of hydrogen-bond donors (Lipinski definition) is 2. The lowest BCUT2D eigenvalue weighted by Gasteiger charge is -2.16. The van der Waals surface area contributed by atoms with Gasteiger partial charge in [-0.05, 0) is 35.2 Å². The second-order valence-electron chi connectivity index (χ2n) is 4.67. The number of nitrogens with one attached hydrogen (secondary N) is 1. The Labute approximate surface area is 107 Å². The average molecular weight is 251 g/mol. The fourth-order valence-electron chi connectivity index (χ4n) is 2.24. The third-order valence-corrected chi connectivity index (χ3v) is 3.95. The third-order valence-electron chi connectivity index (χ3n) is 3.22. The van der Waals surface area contributed by atoms with Crippen LogP contribution in [0.4, 0.5) is 0 Å². The number of aliphatic imine (C=N–C) groups is 1. The zero-order valence-corrected chi connectivity index (χ0v) is 11.0. The quantitative estimate of drug-likeness (QED) is 0.493. The molecule has 0 atom stereocenters. The summed E-state index contributed by atoms with van der Waals surface area (Å²) in [6.45, 7) is 0.690. The molecule has 1 aliphatic rings. The number of thiophene rings is 1. The molecule has 1 fully saturated rings. The standard InChI is InChI=1S/C13H21N3S/c14-13(15-9-11-7-8-17-10-11)16-12-5-3-1-2-4-6-12/h7-8,10,12H,1-6,9H2,(H3,14,15,16). The van der Waals surface area contributed by atoms with E-state index in [0.717, 1.165) is 0 Å². The summed E-state index contributed by atoms with van der Waals surface area (Å²) in [6.07, 6.45) is 7.82. The molecule has 1 aromatic rings. The molecule has 1 saturated carbocycles. The van der Waals surface area contributed by atoms with Crippen LogP contribution in [0.3, 0.4) is 0 Å². The van der Waals surface area contributed by atoms with Gasteiger partial charge in [0.1, 0.15) is 0 Å². The maximum atomic E-state index is 5.91. The van der Waals surface area contributed by atoms with Crippen LogP contribution in [0.25, 0.3) is 0 Å². The highest BCUT2D eigenvalue weighted by molar-refractivity contribution is 7.07. The fraction of sp³-hybridized carbons (Fsp3) is 0.615. The van der Waals surface area contributed by atoms with Crippen molar-refractivity contribution in [1.82, 2.24) is 5.32 Å². The van der Waals surface area contributed by atoms with Gasteiger partial charge >= 0.3 is 0 Å². The third kappa shape index (κ3) is 4.38. The number of guanidine groups is 1. The first-order chi connectivity index (χ1) is 8.34. The SMILES string of the molecule is NC(=NCc1ccsc1)NC1CCCCCC1. The predicted molar refractivity (Wildman–Crippen MR) is 74.3 cm³/mol. The second kappa shape index (κ2) is 6.64. The number of nitrogens with zero attached hydrogens (tertiary/aromatic N) is 1. The van der Waals surface area contributed by atoms with Crippen LogP contribution in [-0.2, 0) is 6.54 Å². The Morgan fingerprint density at radius 1 is 1.35 bits per heavy atom. The molecule has 3 nitrogen and oxygen atoms in total. The molecule has 0 radical (unpaired) electrons. The van der Waals surface area contributed by atoms with E-state index in [0.29, 0.717) is 18.5 Å². The highest BCUT2D eigenvalue weighted by atomic mass is 32.1. The minimum absolute atomic E-state index is 0.531. The summed E-state index contributed by atoms with van der Waals surface area (Å²) in [5.41, 5.74) is 7.15. The molecular weight excluding hydrogens is 230 g/mol. The predicted octanol–water partition coefficient (Wildman–Crippen LogP) is 2.88. The minimum atomic E-state index is 0.531. The number of hydrogen-bond acceptors (Lipinski definition) is 2. The summed E-state index contributed by atoms with van der Waals surface area (Å²) >= 11 is 1.70. The van der Waals surface area contributed by atoms with Gasteiger partial charge in [0.05, 0.1) is 6.54 Å². The number of rotatable bonds is 3. The molecule has 1 aliphatic carbocycles. The van der Waals surface area contributed by atoms with Gasteiger partial charge in [-0.3, -0.25) is 0 Å². The molecule has 0 aliphatic heterocycles. The summed E-state index contributed by atoms with van der Waals surface area (Å²) < 4.78 is 0. The summed E-state index contributed by atoms with van der Waals surface area (Å²) in [7, 11) is 0. The van der Waals surface area contributed by atoms with Gasteiger partial charge in [-0.25, -0.2) is 4.99 Å². The summed E-state index contributed by atoms with van der Waals surface area (Å²) in [5.74, 6) is 0.600. The lowest BCUT2D eigenvalue weighted by Crippen LogP contribution is -2.39. The summed E-state index contributed by atoms with van der Waals surface area (Å²) in [5, 5.41) is 7.54. The van der Waals surface area contributed by atoms with E-state index >= 15 is 0 Å². The first-order valence-electron chi connectivity index (χ1n) is 6.42. The van der Waals surface area contributed by atoms with Crippen LogP contribution in [0.1, 0.15) is 44.1 Å². The van der Waals surface area contributed by atoms with Crippen molar-refractivity contribution in [3.63, 3.8) is 0 Å². The first kappa shape index (κ1) is 12.4. The van der Waals surface area contributed by atoms with Gasteiger partial charge < -0.3 is 11.1 Å². The fourth-order valence-corrected chi connectivity index (χ4v) is 2.90. The molecule has 3 N–H and O–H groups in total. The topological polar surface area (TPSA) is 50.4 Å². The molecular formula is C13H21N3S. The van der Waals surface area contributed by atoms with E-state index in [1.165, 1.54) is 44.1 Å². The summed E-state index contributed by atoms with van der Waals surface area (Å²) in [6, 6.07) is 2.62. The lowest BCUT2D eigenvalue weighted by atomic mass is 10.1. The minimum Gasteiger partial charge on any atom is -0.370 e. The van der Waals surface area contributed by atoms with Crippen LogP contribution in [0, 0.1) is 0 Å². The van der Waals surface area contributed by atoms with Crippen molar-refractivity contribution in [3.05, 3.63) is 22.4 Å². The van der Waals surface area contributed by atoms with E-state index in [9.17, 15) is 0 Å². The normalized spacial score (nSPS) is 18.9. The maximum absolute atomic E-state index is 5.91. The molecule has 0 unspecified atom stereocenters. The molecule has 17 heavy (non-hydrogen) atoms. The molecule has 2 rings (SSSR count). The molecule has 0 aromatic carbocycles. The van der Waals surface area contributed by atoms with Gasteiger partial charge in [-0.2, -0.15) is 11.3 Å². The van der Waals surface area contributed by atoms with Crippen LogP contribution < -0.4 is 11.1 Å². The van der Waals surface area contributed by atoms with Crippen molar-refractivity contribution in [2.75, 3.05) is 0 Å². The van der Waals surface area contributed by atoms with E-state index in [1.54, 1.807) is 11.3 Å². The molecule has 1 aromatic heterocycles. The van der Waals surface area contributed by atoms with Gasteiger partial charge in [0, 0.05) is 6.04 Å². The molecule has 1 heterocycles. The lowest BCUT2D eigenvalue weighted by molar-refractivity contribution is 0.530. The Hall–Kier alpha value is -1.03. The van der Waals surface area contributed by atoms with E-state index in [4.69, 9.17) is 5.73 Å². The van der Waals surface area contributed by atoms with Crippen molar-refractivity contribution < 1.29 is 0 Å². The highest BCUT2D eigenvalue weighted by Gasteiger charge is 2.11. The Bertz CT molecular complexity index is 338. The van der Waals surface area contributed by atoms with Crippen molar-refractivity contribution in [2.24, 2.45) is 10.7 Å². The van der Waals surface area contributed by atoms with Gasteiger partial charge in [0.15, 0.2) is 5.96 Å². The van der Waals surface area contributed by atoms with Gasteiger partial charge in [-0.15, -0.1) is 0 Å². The Morgan fingerprint density at radius 3 is 2.76 bits per heavy atom. The van der Waals surface area contributed by atoms with Crippen molar-refractivity contribution in [2.45, 2.75) is 51.1 Å². The second-order valence-corrected chi connectivity index (χ2v) is 5.45. The van der Waals surface area contributed by atoms with Gasteiger partial charge in [-0.1, -0.05) is 25.7 Å². The van der Waals surface area contributed by atoms with Crippen LogP contribution >= 0.6 is 11.3 Å². The van der Waals surface area contributed by atoms with Crippen LogP contribution in [0.5, 0.6) is 0 Å². The van der Waals surface area contributed by atoms with E-state index in [-0.39, 0.29) is 0 Å². The largest absolute Gasteiger partial charge is 0.370 e. The average Bonchev–Trinajstić information content (AvgIpc) is 2.72. The monoisotopic (exact) mass is 251 g/mol. The van der Waals surface area contributed by atoms with E-state index in [2.05, 4.69) is 27.1 Å². The zero-order chi connectivity index (χ0) is 11.9. The Morgan fingerprint density at radius 2 is 2.12 bits per heavy atom. The van der Waals surface area contributed by atoms with Crippen molar-refractivity contribution in [3.8, 4) is 0 Å². The summed E-state index contributed by atoms with van der Waals surface area (Å²) in [4.78, 5) is 4.38. The van der Waals surface area contributed by atoms with Crippen LogP contribution in [0.2, 0.25) is 0 Å². The van der Waals surface area contributed by atoms with E-state index in [1.807, 2.05) is 0 Å². The van der Waals surface area contributed by atoms with Crippen molar-refractivity contribution >= 4 is 17.3 Å². The Kier molecular flexibility index (Phi) is 4.86. The van der Waals surface area contributed by atoms with Gasteiger partial charge in [0.2, 0.25) is 0 Å². The molecule has 4 heteroatoms.